The highest BCUT2D eigenvalue weighted by atomic mass is 32.2. The standard InChI is InChI=1S/C17H24N2S/c1-2-9-19-12-17(18-20-19)15-7-8-16(17)11-14-6-4-3-5-13(14)10-15/h3-6,15-16,18H,2,7-12H2,1H3. The summed E-state index contributed by atoms with van der Waals surface area (Å²) in [7, 11) is 0. The first-order valence-corrected chi connectivity index (χ1v) is 8.85. The molecule has 2 bridgehead atoms. The minimum atomic E-state index is 0.374. The molecular weight excluding hydrogens is 264 g/mol. The quantitative estimate of drug-likeness (QED) is 0.839. The second-order valence-electron chi connectivity index (χ2n) is 6.75. The zero-order valence-electron chi connectivity index (χ0n) is 12.3. The Balaban J connectivity index is 1.64. The highest BCUT2D eigenvalue weighted by Crippen LogP contribution is 2.51. The van der Waals surface area contributed by atoms with Crippen LogP contribution >= 0.6 is 12.1 Å². The molecule has 2 nitrogen and oxygen atoms in total. The Morgan fingerprint density at radius 3 is 2.45 bits per heavy atom. The fourth-order valence-electron chi connectivity index (χ4n) is 4.61. The van der Waals surface area contributed by atoms with Gasteiger partial charge < -0.3 is 0 Å². The summed E-state index contributed by atoms with van der Waals surface area (Å²) in [4.78, 5) is 0. The molecule has 1 heterocycles. The third-order valence-electron chi connectivity index (χ3n) is 5.65. The minimum absolute atomic E-state index is 0.374. The molecular formula is C17H24N2S. The van der Waals surface area contributed by atoms with Gasteiger partial charge >= 0.3 is 0 Å². The summed E-state index contributed by atoms with van der Waals surface area (Å²) in [6, 6.07) is 9.14. The average molecular weight is 288 g/mol. The molecule has 2 atom stereocenters. The molecule has 2 aliphatic carbocycles. The molecule has 1 spiro atoms. The van der Waals surface area contributed by atoms with E-state index in [1.54, 1.807) is 11.1 Å². The number of hydrogen-bond acceptors (Lipinski definition) is 3. The van der Waals surface area contributed by atoms with E-state index in [0.717, 1.165) is 11.8 Å². The van der Waals surface area contributed by atoms with E-state index < -0.39 is 0 Å². The summed E-state index contributed by atoms with van der Waals surface area (Å²) in [5.41, 5.74) is 3.60. The first kappa shape index (κ1) is 13.2. The van der Waals surface area contributed by atoms with Crippen molar-refractivity contribution in [3.8, 4) is 0 Å². The normalized spacial score (nSPS) is 36.2. The number of rotatable bonds is 2. The van der Waals surface area contributed by atoms with Crippen LogP contribution in [0.5, 0.6) is 0 Å². The van der Waals surface area contributed by atoms with Gasteiger partial charge in [-0.05, 0) is 55.1 Å². The number of nitrogens with zero attached hydrogens (tertiary/aromatic N) is 1. The molecule has 0 amide bonds. The van der Waals surface area contributed by atoms with E-state index in [2.05, 4.69) is 40.2 Å². The van der Waals surface area contributed by atoms with Gasteiger partial charge in [0.25, 0.3) is 0 Å². The van der Waals surface area contributed by atoms with E-state index in [4.69, 9.17) is 0 Å². The molecule has 3 heteroatoms. The van der Waals surface area contributed by atoms with Gasteiger partial charge in [0, 0.05) is 30.8 Å². The molecule has 1 aliphatic heterocycles. The molecule has 4 rings (SSSR count). The van der Waals surface area contributed by atoms with E-state index in [1.807, 2.05) is 12.1 Å². The van der Waals surface area contributed by atoms with Gasteiger partial charge in [-0.3, -0.25) is 0 Å². The van der Waals surface area contributed by atoms with Crippen molar-refractivity contribution in [3.05, 3.63) is 35.4 Å². The molecule has 1 aromatic carbocycles. The molecule has 108 valence electrons. The molecule has 0 aromatic heterocycles. The first-order valence-electron chi connectivity index (χ1n) is 8.07. The van der Waals surface area contributed by atoms with Crippen LogP contribution in [0.4, 0.5) is 0 Å². The lowest BCUT2D eigenvalue weighted by Crippen LogP contribution is -2.50. The summed E-state index contributed by atoms with van der Waals surface area (Å²) in [6.45, 7) is 4.74. The summed E-state index contributed by atoms with van der Waals surface area (Å²) in [6.07, 6.45) is 6.62. The topological polar surface area (TPSA) is 15.3 Å². The maximum Gasteiger partial charge on any atom is 0.0494 e. The van der Waals surface area contributed by atoms with E-state index in [9.17, 15) is 0 Å². The van der Waals surface area contributed by atoms with Crippen molar-refractivity contribution < 1.29 is 0 Å². The Hall–Kier alpha value is -0.510. The van der Waals surface area contributed by atoms with E-state index >= 15 is 0 Å². The van der Waals surface area contributed by atoms with Crippen LogP contribution in [-0.2, 0) is 12.8 Å². The van der Waals surface area contributed by atoms with Gasteiger partial charge in [0.15, 0.2) is 0 Å². The third-order valence-corrected chi connectivity index (χ3v) is 6.69. The lowest BCUT2D eigenvalue weighted by molar-refractivity contribution is 0.213. The summed E-state index contributed by atoms with van der Waals surface area (Å²) in [5, 5.41) is 0. The third kappa shape index (κ3) is 1.94. The van der Waals surface area contributed by atoms with Crippen LogP contribution in [0.1, 0.15) is 37.3 Å². The van der Waals surface area contributed by atoms with Crippen LogP contribution in [0.2, 0.25) is 0 Å². The van der Waals surface area contributed by atoms with Crippen molar-refractivity contribution in [2.45, 2.75) is 44.6 Å². The van der Waals surface area contributed by atoms with E-state index in [0.29, 0.717) is 5.54 Å². The molecule has 1 saturated heterocycles. The minimum Gasteiger partial charge on any atom is -0.243 e. The summed E-state index contributed by atoms with van der Waals surface area (Å²) < 4.78 is 6.44. The molecule has 0 radical (unpaired) electrons. The van der Waals surface area contributed by atoms with Crippen molar-refractivity contribution >= 4 is 12.1 Å². The zero-order valence-corrected chi connectivity index (χ0v) is 13.1. The van der Waals surface area contributed by atoms with Gasteiger partial charge in [0.1, 0.15) is 0 Å². The molecule has 1 N–H and O–H groups in total. The lowest BCUT2D eigenvalue weighted by Gasteiger charge is -2.34. The van der Waals surface area contributed by atoms with Crippen molar-refractivity contribution in [2.75, 3.05) is 13.1 Å². The number of hydrogen-bond donors (Lipinski definition) is 1. The van der Waals surface area contributed by atoms with Crippen molar-refractivity contribution in [2.24, 2.45) is 11.8 Å². The summed E-state index contributed by atoms with van der Waals surface area (Å²) in [5.74, 6) is 1.65. The lowest BCUT2D eigenvalue weighted by atomic mass is 9.79. The fraction of sp³-hybridized carbons (Fsp3) is 0.647. The van der Waals surface area contributed by atoms with Gasteiger partial charge in [0.2, 0.25) is 0 Å². The number of benzene rings is 1. The Kier molecular flexibility index (Phi) is 3.32. The second-order valence-corrected chi connectivity index (χ2v) is 7.65. The van der Waals surface area contributed by atoms with Crippen LogP contribution < -0.4 is 4.72 Å². The Bertz CT molecular complexity index is 469. The monoisotopic (exact) mass is 288 g/mol. The molecule has 3 aliphatic rings. The fourth-order valence-corrected chi connectivity index (χ4v) is 5.86. The number of fused-ring (bicyclic) bond motifs is 1. The first-order chi connectivity index (χ1) is 9.82. The largest absolute Gasteiger partial charge is 0.243 e. The predicted molar refractivity (Wildman–Crippen MR) is 85.4 cm³/mol. The smallest absolute Gasteiger partial charge is 0.0494 e. The van der Waals surface area contributed by atoms with Crippen LogP contribution in [0.3, 0.4) is 0 Å². The maximum absolute atomic E-state index is 3.89. The molecule has 2 fully saturated rings. The molecule has 2 unspecified atom stereocenters. The number of nitrogens with one attached hydrogen (secondary N) is 1. The van der Waals surface area contributed by atoms with Crippen molar-refractivity contribution in [1.29, 1.82) is 0 Å². The van der Waals surface area contributed by atoms with Gasteiger partial charge in [-0.15, -0.1) is 0 Å². The zero-order chi connectivity index (χ0) is 13.6. The SMILES string of the molecule is CCCN1CC2(NS1)C1CCC2Cc2ccccc2C1. The Morgan fingerprint density at radius 1 is 1.20 bits per heavy atom. The van der Waals surface area contributed by atoms with Gasteiger partial charge in [-0.25, -0.2) is 9.03 Å². The Labute approximate surface area is 126 Å². The van der Waals surface area contributed by atoms with Crippen LogP contribution in [0.25, 0.3) is 0 Å². The Morgan fingerprint density at radius 2 is 1.85 bits per heavy atom. The van der Waals surface area contributed by atoms with Crippen molar-refractivity contribution in [3.63, 3.8) is 0 Å². The maximum atomic E-state index is 3.89. The molecule has 20 heavy (non-hydrogen) atoms. The van der Waals surface area contributed by atoms with E-state index in [-0.39, 0.29) is 0 Å². The second kappa shape index (κ2) is 5.04. The average Bonchev–Trinajstić information content (AvgIpc) is 2.94. The highest BCUT2D eigenvalue weighted by molar-refractivity contribution is 7.95. The van der Waals surface area contributed by atoms with Gasteiger partial charge in [-0.1, -0.05) is 31.2 Å². The van der Waals surface area contributed by atoms with Gasteiger partial charge in [0.05, 0.1) is 0 Å². The molecule has 1 saturated carbocycles. The highest BCUT2D eigenvalue weighted by Gasteiger charge is 2.54. The predicted octanol–water partition coefficient (Wildman–Crippen LogP) is 3.43. The van der Waals surface area contributed by atoms with Crippen molar-refractivity contribution in [1.82, 2.24) is 9.03 Å². The summed E-state index contributed by atoms with van der Waals surface area (Å²) >= 11 is 1.89. The van der Waals surface area contributed by atoms with Crippen LogP contribution in [0.15, 0.2) is 24.3 Å². The van der Waals surface area contributed by atoms with Gasteiger partial charge in [-0.2, -0.15) is 0 Å². The molecule has 1 aromatic rings. The van der Waals surface area contributed by atoms with Crippen LogP contribution in [0, 0.1) is 11.8 Å². The van der Waals surface area contributed by atoms with E-state index in [1.165, 1.54) is 45.2 Å². The van der Waals surface area contributed by atoms with Crippen LogP contribution in [-0.4, -0.2) is 22.9 Å².